The van der Waals surface area contributed by atoms with E-state index in [-0.39, 0.29) is 13.2 Å². The maximum atomic E-state index is 9.02. The topological polar surface area (TPSA) is 52.5 Å². The van der Waals surface area contributed by atoms with Gasteiger partial charge in [0.25, 0.3) is 0 Å². The van der Waals surface area contributed by atoms with Crippen LogP contribution in [0.5, 0.6) is 0 Å². The lowest BCUT2D eigenvalue weighted by atomic mass is 10.1. The molecule has 0 saturated heterocycles. The van der Waals surface area contributed by atoms with Gasteiger partial charge in [0.1, 0.15) is 0 Å². The van der Waals surface area contributed by atoms with E-state index in [1.165, 1.54) is 0 Å². The minimum absolute atomic E-state index is 0.0946. The Morgan fingerprint density at radius 3 is 2.57 bits per heavy atom. The Morgan fingerprint density at radius 1 is 1.50 bits per heavy atom. The summed E-state index contributed by atoms with van der Waals surface area (Å²) >= 11 is 7.32. The molecule has 0 aliphatic rings. The lowest BCUT2D eigenvalue weighted by Gasteiger charge is -2.25. The van der Waals surface area contributed by atoms with Crippen molar-refractivity contribution in [1.82, 2.24) is 5.32 Å². The predicted molar refractivity (Wildman–Crippen MR) is 58.7 cm³/mol. The zero-order valence-electron chi connectivity index (χ0n) is 7.96. The lowest BCUT2D eigenvalue weighted by Crippen LogP contribution is -2.48. The van der Waals surface area contributed by atoms with Gasteiger partial charge >= 0.3 is 0 Å². The summed E-state index contributed by atoms with van der Waals surface area (Å²) in [5, 5.41) is 23.7. The van der Waals surface area contributed by atoms with E-state index in [2.05, 4.69) is 5.32 Å². The van der Waals surface area contributed by atoms with Crippen LogP contribution in [0.2, 0.25) is 5.02 Å². The maximum absolute atomic E-state index is 9.02. The van der Waals surface area contributed by atoms with Crippen LogP contribution in [-0.2, 0) is 6.54 Å². The zero-order valence-corrected chi connectivity index (χ0v) is 9.53. The molecule has 0 atom stereocenters. The molecule has 3 N–H and O–H groups in total. The number of hydrogen-bond donors (Lipinski definition) is 3. The minimum atomic E-state index is -0.629. The van der Waals surface area contributed by atoms with Gasteiger partial charge in [-0.3, -0.25) is 0 Å². The average molecular weight is 236 g/mol. The Hall–Kier alpha value is -0.130. The summed E-state index contributed by atoms with van der Waals surface area (Å²) in [6, 6.07) is 1.87. The molecule has 0 saturated carbocycles. The summed E-state index contributed by atoms with van der Waals surface area (Å²) < 4.78 is 0. The molecule has 1 aromatic rings. The van der Waals surface area contributed by atoms with Gasteiger partial charge in [-0.25, -0.2) is 0 Å². The second kappa shape index (κ2) is 5.09. The van der Waals surface area contributed by atoms with Crippen LogP contribution in [0.25, 0.3) is 0 Å². The molecule has 1 aromatic heterocycles. The van der Waals surface area contributed by atoms with Crippen LogP contribution in [0.3, 0.4) is 0 Å². The van der Waals surface area contributed by atoms with Crippen molar-refractivity contribution in [3.05, 3.63) is 21.3 Å². The van der Waals surface area contributed by atoms with Gasteiger partial charge in [0.15, 0.2) is 0 Å². The van der Waals surface area contributed by atoms with E-state index < -0.39 is 5.54 Å². The smallest absolute Gasteiger partial charge is 0.0633 e. The monoisotopic (exact) mass is 235 g/mol. The van der Waals surface area contributed by atoms with Crippen LogP contribution in [0.15, 0.2) is 11.4 Å². The summed E-state index contributed by atoms with van der Waals surface area (Å²) in [5.74, 6) is 0. The Bertz CT molecular complexity index is 286. The van der Waals surface area contributed by atoms with Crippen molar-refractivity contribution in [2.45, 2.75) is 19.0 Å². The van der Waals surface area contributed by atoms with Crippen molar-refractivity contribution in [2.75, 3.05) is 13.2 Å². The second-order valence-electron chi connectivity index (χ2n) is 3.46. The first-order chi connectivity index (χ1) is 6.59. The number of hydrogen-bond acceptors (Lipinski definition) is 4. The highest BCUT2D eigenvalue weighted by molar-refractivity contribution is 7.10. The van der Waals surface area contributed by atoms with Crippen molar-refractivity contribution in [2.24, 2.45) is 0 Å². The fraction of sp³-hybridized carbons (Fsp3) is 0.556. The molecule has 0 radical (unpaired) electrons. The van der Waals surface area contributed by atoms with Crippen molar-refractivity contribution < 1.29 is 10.2 Å². The molecule has 1 rings (SSSR count). The largest absolute Gasteiger partial charge is 0.394 e. The van der Waals surface area contributed by atoms with E-state index in [1.807, 2.05) is 11.4 Å². The molecule has 80 valence electrons. The molecule has 0 unspecified atom stereocenters. The predicted octanol–water partition coefficient (Wildman–Crippen LogP) is 1.23. The number of thiophene rings is 1. The summed E-state index contributed by atoms with van der Waals surface area (Å²) in [5.41, 5.74) is -0.629. The molecule has 14 heavy (non-hydrogen) atoms. The van der Waals surface area contributed by atoms with Gasteiger partial charge < -0.3 is 15.5 Å². The van der Waals surface area contributed by atoms with E-state index in [0.717, 1.165) is 9.90 Å². The van der Waals surface area contributed by atoms with Gasteiger partial charge in [-0.2, -0.15) is 0 Å². The normalized spacial score (nSPS) is 12.0. The van der Waals surface area contributed by atoms with Gasteiger partial charge in [-0.05, 0) is 13.0 Å². The van der Waals surface area contributed by atoms with Gasteiger partial charge in [0.05, 0.1) is 23.8 Å². The zero-order chi connectivity index (χ0) is 10.6. The lowest BCUT2D eigenvalue weighted by molar-refractivity contribution is 0.103. The van der Waals surface area contributed by atoms with Crippen LogP contribution in [0.1, 0.15) is 11.8 Å². The molecule has 5 heteroatoms. The Labute approximate surface area is 92.3 Å². The molecule has 0 spiro atoms. The Balaban J connectivity index is 2.47. The van der Waals surface area contributed by atoms with Crippen LogP contribution in [-0.4, -0.2) is 29.0 Å². The van der Waals surface area contributed by atoms with Gasteiger partial charge in [0.2, 0.25) is 0 Å². The molecule has 3 nitrogen and oxygen atoms in total. The molecule has 0 aliphatic carbocycles. The van der Waals surface area contributed by atoms with Crippen molar-refractivity contribution >= 4 is 22.9 Å². The molecule has 0 amide bonds. The number of aliphatic hydroxyl groups is 2. The van der Waals surface area contributed by atoms with Crippen LogP contribution in [0.4, 0.5) is 0 Å². The number of rotatable bonds is 5. The summed E-state index contributed by atoms with van der Waals surface area (Å²) in [7, 11) is 0. The highest BCUT2D eigenvalue weighted by atomic mass is 35.5. The van der Waals surface area contributed by atoms with Gasteiger partial charge in [0, 0.05) is 16.8 Å². The average Bonchev–Trinajstić information content (AvgIpc) is 2.61. The number of nitrogens with one attached hydrogen (secondary N) is 1. The third-order valence-electron chi connectivity index (χ3n) is 2.01. The molecule has 0 fully saturated rings. The maximum Gasteiger partial charge on any atom is 0.0633 e. The first-order valence-electron chi connectivity index (χ1n) is 4.29. The highest BCUT2D eigenvalue weighted by Gasteiger charge is 2.21. The van der Waals surface area contributed by atoms with E-state index in [4.69, 9.17) is 21.8 Å². The summed E-state index contributed by atoms with van der Waals surface area (Å²) in [6.07, 6.45) is 0. The molecule has 0 aromatic carbocycles. The molecule has 1 heterocycles. The second-order valence-corrected chi connectivity index (χ2v) is 4.89. The van der Waals surface area contributed by atoms with Crippen LogP contribution < -0.4 is 5.32 Å². The Morgan fingerprint density at radius 2 is 2.14 bits per heavy atom. The van der Waals surface area contributed by atoms with E-state index in [9.17, 15) is 0 Å². The molecule has 0 bridgehead atoms. The molecular weight excluding hydrogens is 222 g/mol. The molecule has 0 aliphatic heterocycles. The van der Waals surface area contributed by atoms with E-state index >= 15 is 0 Å². The first-order valence-corrected chi connectivity index (χ1v) is 5.55. The fourth-order valence-electron chi connectivity index (χ4n) is 0.909. The van der Waals surface area contributed by atoms with Crippen molar-refractivity contribution in [1.29, 1.82) is 0 Å². The first kappa shape index (κ1) is 11.9. The van der Waals surface area contributed by atoms with Crippen LogP contribution >= 0.6 is 22.9 Å². The molecular formula is C9H14ClNO2S. The van der Waals surface area contributed by atoms with Gasteiger partial charge in [-0.1, -0.05) is 11.6 Å². The SMILES string of the molecule is CC(CO)(CO)NCc1cc(Cl)cs1. The van der Waals surface area contributed by atoms with Crippen LogP contribution in [0, 0.1) is 0 Å². The third-order valence-corrected chi connectivity index (χ3v) is 3.29. The summed E-state index contributed by atoms with van der Waals surface area (Å²) in [6.45, 7) is 2.18. The number of aliphatic hydroxyl groups excluding tert-OH is 2. The fourth-order valence-corrected chi connectivity index (χ4v) is 1.92. The standard InChI is InChI=1S/C9H14ClNO2S/c1-9(5-12,6-13)11-3-8-2-7(10)4-14-8/h2,4,11-13H,3,5-6H2,1H3. The quantitative estimate of drug-likeness (QED) is 0.720. The Kier molecular flexibility index (Phi) is 4.34. The minimum Gasteiger partial charge on any atom is -0.394 e. The number of halogens is 1. The van der Waals surface area contributed by atoms with Crippen molar-refractivity contribution in [3.8, 4) is 0 Å². The van der Waals surface area contributed by atoms with E-state index in [0.29, 0.717) is 6.54 Å². The van der Waals surface area contributed by atoms with E-state index in [1.54, 1.807) is 18.3 Å². The third kappa shape index (κ3) is 3.22. The van der Waals surface area contributed by atoms with Gasteiger partial charge in [-0.15, -0.1) is 11.3 Å². The highest BCUT2D eigenvalue weighted by Crippen LogP contribution is 2.19. The summed E-state index contributed by atoms with van der Waals surface area (Å²) in [4.78, 5) is 1.09. The van der Waals surface area contributed by atoms with Crippen molar-refractivity contribution in [3.63, 3.8) is 0 Å².